The van der Waals surface area contributed by atoms with Crippen molar-refractivity contribution in [3.63, 3.8) is 0 Å². The maximum atomic E-state index is 13.4. The van der Waals surface area contributed by atoms with E-state index in [0.29, 0.717) is 6.07 Å². The molecule has 3 N–H and O–H groups in total. The largest absolute Gasteiger partial charge is 0.598 e. The van der Waals surface area contributed by atoms with Crippen molar-refractivity contribution in [2.75, 3.05) is 0 Å². The van der Waals surface area contributed by atoms with Crippen LogP contribution in [0, 0.1) is 12.7 Å². The number of hydrogen-bond acceptors (Lipinski definition) is 3. The third kappa shape index (κ3) is 4.57. The van der Waals surface area contributed by atoms with Crippen molar-refractivity contribution in [2.45, 2.75) is 44.8 Å². The van der Waals surface area contributed by atoms with Crippen LogP contribution in [0.1, 0.15) is 43.6 Å². The highest BCUT2D eigenvalue weighted by Crippen LogP contribution is 2.35. The Balaban J connectivity index is 3.16. The molecule has 1 aromatic carbocycles. The van der Waals surface area contributed by atoms with Crippen molar-refractivity contribution in [2.24, 2.45) is 5.73 Å². The molecule has 2 atom stereocenters. The maximum absolute atomic E-state index is 13.4. The van der Waals surface area contributed by atoms with Gasteiger partial charge in [0, 0.05) is 11.4 Å². The maximum Gasteiger partial charge on any atom is 0.416 e. The lowest BCUT2D eigenvalue weighted by atomic mass is 10.00. The second kappa shape index (κ2) is 6.12. The average molecular weight is 326 g/mol. The van der Waals surface area contributed by atoms with E-state index < -0.39 is 39.8 Å². The van der Waals surface area contributed by atoms with Crippen LogP contribution >= 0.6 is 0 Å². The summed E-state index contributed by atoms with van der Waals surface area (Å²) >= 11 is -1.59. The third-order valence-corrected chi connectivity index (χ3v) is 4.42. The lowest BCUT2D eigenvalue weighted by Gasteiger charge is -2.27. The van der Waals surface area contributed by atoms with Gasteiger partial charge in [-0.15, -0.1) is 4.72 Å². The van der Waals surface area contributed by atoms with Crippen LogP contribution in [0.4, 0.5) is 17.6 Å². The Morgan fingerprint density at radius 1 is 1.24 bits per heavy atom. The van der Waals surface area contributed by atoms with E-state index in [0.717, 1.165) is 6.07 Å². The van der Waals surface area contributed by atoms with Crippen molar-refractivity contribution in [1.29, 1.82) is 0 Å². The minimum Gasteiger partial charge on any atom is -0.598 e. The molecule has 0 radical (unpaired) electrons. The van der Waals surface area contributed by atoms with Crippen LogP contribution in [0.2, 0.25) is 0 Å². The fourth-order valence-electron chi connectivity index (χ4n) is 1.67. The lowest BCUT2D eigenvalue weighted by molar-refractivity contribution is -0.138. The van der Waals surface area contributed by atoms with Crippen LogP contribution in [0.15, 0.2) is 12.1 Å². The first-order valence-corrected chi connectivity index (χ1v) is 7.30. The number of rotatable bonds is 3. The van der Waals surface area contributed by atoms with Gasteiger partial charge in [-0.2, -0.15) is 13.2 Å². The van der Waals surface area contributed by atoms with Crippen LogP contribution in [0.25, 0.3) is 0 Å². The minimum absolute atomic E-state index is 0.0695. The predicted molar refractivity (Wildman–Crippen MR) is 74.1 cm³/mol. The van der Waals surface area contributed by atoms with Gasteiger partial charge in [-0.25, -0.2) is 4.39 Å². The quantitative estimate of drug-likeness (QED) is 0.509. The number of nitrogens with two attached hydrogens (primary N) is 1. The van der Waals surface area contributed by atoms with Crippen molar-refractivity contribution in [1.82, 2.24) is 4.72 Å². The standard InChI is InChI=1S/C13H18F4N2OS/c1-7-9(11(18)19-21(20)12(2,3)4)5-8(14)6-10(7)13(15,16)17/h5-6,11,19H,18H2,1-4H3/t11-,21?/m0/s1. The molecule has 120 valence electrons. The fraction of sp³-hybridized carbons (Fsp3) is 0.538. The van der Waals surface area contributed by atoms with Gasteiger partial charge in [0.05, 0.1) is 5.56 Å². The van der Waals surface area contributed by atoms with Crippen molar-refractivity contribution in [3.05, 3.63) is 34.6 Å². The van der Waals surface area contributed by atoms with Gasteiger partial charge in [0.2, 0.25) is 0 Å². The van der Waals surface area contributed by atoms with E-state index in [1.165, 1.54) is 6.92 Å². The number of benzene rings is 1. The molecule has 0 fully saturated rings. The smallest absolute Gasteiger partial charge is 0.416 e. The van der Waals surface area contributed by atoms with E-state index in [1.54, 1.807) is 20.8 Å². The zero-order chi connectivity index (χ0) is 16.6. The molecule has 21 heavy (non-hydrogen) atoms. The van der Waals surface area contributed by atoms with E-state index in [4.69, 9.17) is 5.73 Å². The summed E-state index contributed by atoms with van der Waals surface area (Å²) in [6.07, 6.45) is -5.84. The normalized spacial score (nSPS) is 15.9. The monoisotopic (exact) mass is 326 g/mol. The van der Waals surface area contributed by atoms with Gasteiger partial charge in [-0.1, -0.05) is 0 Å². The molecule has 0 saturated carbocycles. The van der Waals surface area contributed by atoms with Crippen molar-refractivity contribution in [3.8, 4) is 0 Å². The Bertz CT molecular complexity index is 514. The second-order valence-electron chi connectivity index (χ2n) is 5.64. The topological polar surface area (TPSA) is 61.1 Å². The van der Waals surface area contributed by atoms with Gasteiger partial charge in [0.1, 0.15) is 16.7 Å². The Morgan fingerprint density at radius 3 is 2.19 bits per heavy atom. The van der Waals surface area contributed by atoms with Gasteiger partial charge in [0.25, 0.3) is 0 Å². The summed E-state index contributed by atoms with van der Waals surface area (Å²) in [4.78, 5) is 0. The summed E-state index contributed by atoms with van der Waals surface area (Å²) in [5, 5.41) is 0. The molecule has 3 nitrogen and oxygen atoms in total. The number of hydrogen-bond donors (Lipinski definition) is 2. The molecule has 0 spiro atoms. The van der Waals surface area contributed by atoms with Gasteiger partial charge in [-0.3, -0.25) is 0 Å². The molecule has 0 aliphatic rings. The zero-order valence-corrected chi connectivity index (χ0v) is 13.0. The summed E-state index contributed by atoms with van der Waals surface area (Å²) in [5.74, 6) is -1.04. The molecule has 0 bridgehead atoms. The molecule has 0 amide bonds. The number of alkyl halides is 3. The molecule has 1 rings (SSSR count). The molecule has 1 aromatic rings. The summed E-state index contributed by atoms with van der Waals surface area (Å²) in [6, 6.07) is 1.34. The molecule has 0 saturated heterocycles. The van der Waals surface area contributed by atoms with Gasteiger partial charge >= 0.3 is 6.18 Å². The highest BCUT2D eigenvalue weighted by atomic mass is 32.2. The van der Waals surface area contributed by atoms with Gasteiger partial charge in [0.15, 0.2) is 0 Å². The molecular formula is C13H18F4N2OS. The predicted octanol–water partition coefficient (Wildman–Crippen LogP) is 3.16. The van der Waals surface area contributed by atoms with E-state index in [-0.39, 0.29) is 11.1 Å². The number of halogens is 4. The lowest BCUT2D eigenvalue weighted by Crippen LogP contribution is -2.44. The Kier molecular flexibility index (Phi) is 5.31. The molecule has 1 unspecified atom stereocenters. The summed E-state index contributed by atoms with van der Waals surface area (Å²) < 4.78 is 65.7. The first-order valence-electron chi connectivity index (χ1n) is 6.15. The van der Waals surface area contributed by atoms with Crippen LogP contribution < -0.4 is 10.5 Å². The first kappa shape index (κ1) is 18.2. The minimum atomic E-state index is -4.68. The Hall–Kier alpha value is -0.830. The van der Waals surface area contributed by atoms with E-state index in [1.807, 2.05) is 0 Å². The van der Waals surface area contributed by atoms with E-state index in [9.17, 15) is 22.1 Å². The first-order chi connectivity index (χ1) is 9.34. The van der Waals surface area contributed by atoms with E-state index in [2.05, 4.69) is 4.72 Å². The second-order valence-corrected chi connectivity index (χ2v) is 7.64. The van der Waals surface area contributed by atoms with Crippen LogP contribution in [-0.2, 0) is 17.5 Å². The molecule has 0 aliphatic carbocycles. The summed E-state index contributed by atoms with van der Waals surface area (Å²) in [7, 11) is 0. The highest BCUT2D eigenvalue weighted by Gasteiger charge is 2.35. The van der Waals surface area contributed by atoms with E-state index >= 15 is 0 Å². The highest BCUT2D eigenvalue weighted by molar-refractivity contribution is 7.90. The summed E-state index contributed by atoms with van der Waals surface area (Å²) in [6.45, 7) is 6.26. The molecule has 0 aliphatic heterocycles. The Labute approximate surface area is 124 Å². The average Bonchev–Trinajstić information content (AvgIpc) is 2.28. The van der Waals surface area contributed by atoms with Gasteiger partial charge in [-0.05, 0) is 51.0 Å². The fourth-order valence-corrected chi connectivity index (χ4v) is 2.38. The molecule has 0 aromatic heterocycles. The van der Waals surface area contributed by atoms with Crippen LogP contribution in [-0.4, -0.2) is 9.30 Å². The van der Waals surface area contributed by atoms with Crippen molar-refractivity contribution >= 4 is 11.4 Å². The number of nitrogens with one attached hydrogen (secondary N) is 1. The molecule has 0 heterocycles. The summed E-state index contributed by atoms with van der Waals surface area (Å²) in [5.41, 5.74) is 4.39. The van der Waals surface area contributed by atoms with Crippen LogP contribution in [0.3, 0.4) is 0 Å². The van der Waals surface area contributed by atoms with Gasteiger partial charge < -0.3 is 10.3 Å². The molecular weight excluding hydrogens is 308 g/mol. The third-order valence-electron chi connectivity index (χ3n) is 2.84. The molecule has 8 heteroatoms. The SMILES string of the molecule is Cc1c([C@@H](N)N[S+]([O-])C(C)(C)C)cc(F)cc1C(F)(F)F. The van der Waals surface area contributed by atoms with Crippen LogP contribution in [0.5, 0.6) is 0 Å². The zero-order valence-electron chi connectivity index (χ0n) is 12.1. The van der Waals surface area contributed by atoms with Crippen molar-refractivity contribution < 1.29 is 22.1 Å². The Morgan fingerprint density at radius 2 is 1.76 bits per heavy atom.